The maximum atomic E-state index is 11.8. The molecule has 1 aromatic rings. The number of carbonyl (C=O) groups excluding carboxylic acids is 1. The summed E-state index contributed by atoms with van der Waals surface area (Å²) in [4.78, 5) is 36.3. The molecule has 1 amide bonds. The van der Waals surface area contributed by atoms with Crippen LogP contribution in [0.4, 0.5) is 0 Å². The number of aromatic amines is 1. The predicted molar refractivity (Wildman–Crippen MR) is 66.4 cm³/mol. The smallest absolute Gasteiger partial charge is 0.326 e. The lowest BCUT2D eigenvalue weighted by Crippen LogP contribution is -2.42. The minimum absolute atomic E-state index is 0.0117. The largest absolute Gasteiger partial charge is 0.480 e. The molecule has 1 aliphatic rings. The summed E-state index contributed by atoms with van der Waals surface area (Å²) in [6.45, 7) is 0. The average Bonchev–Trinajstić information content (AvgIpc) is 3.13. The number of aliphatic carboxylic acids is 1. The van der Waals surface area contributed by atoms with E-state index in [9.17, 15) is 14.4 Å². The van der Waals surface area contributed by atoms with Gasteiger partial charge in [0.05, 0.1) is 10.0 Å². The van der Waals surface area contributed by atoms with Crippen molar-refractivity contribution in [2.75, 3.05) is 0 Å². The van der Waals surface area contributed by atoms with E-state index in [1.165, 1.54) is 12.3 Å². The molecule has 0 spiro atoms. The summed E-state index contributed by atoms with van der Waals surface area (Å²) in [5, 5.41) is 11.5. The Bertz CT molecular complexity index is 550. The summed E-state index contributed by atoms with van der Waals surface area (Å²) in [5.74, 6) is -1.53. The van der Waals surface area contributed by atoms with E-state index in [0.29, 0.717) is 0 Å². The first-order valence-corrected chi connectivity index (χ1v) is 6.20. The zero-order valence-corrected chi connectivity index (χ0v) is 10.9. The van der Waals surface area contributed by atoms with Crippen molar-refractivity contribution >= 4 is 27.8 Å². The van der Waals surface area contributed by atoms with Crippen LogP contribution in [0.2, 0.25) is 0 Å². The summed E-state index contributed by atoms with van der Waals surface area (Å²) in [6, 6.07) is 0.503. The third-order valence-corrected chi connectivity index (χ3v) is 3.36. The van der Waals surface area contributed by atoms with Gasteiger partial charge in [0.15, 0.2) is 0 Å². The molecule has 3 N–H and O–H groups in total. The lowest BCUT2D eigenvalue weighted by atomic mass is 10.1. The number of carboxylic acid groups (broad SMARTS) is 1. The predicted octanol–water partition coefficient (Wildman–Crippen LogP) is 0.730. The van der Waals surface area contributed by atoms with Crippen LogP contribution in [0.15, 0.2) is 21.5 Å². The highest BCUT2D eigenvalue weighted by Gasteiger charge is 2.37. The third-order valence-electron chi connectivity index (χ3n) is 2.77. The molecule has 1 unspecified atom stereocenters. The minimum atomic E-state index is -1.03. The number of hydrogen-bond acceptors (Lipinski definition) is 3. The van der Waals surface area contributed by atoms with Crippen molar-refractivity contribution in [3.8, 4) is 0 Å². The normalized spacial score (nSPS) is 16.1. The lowest BCUT2D eigenvalue weighted by Gasteiger charge is -2.13. The van der Waals surface area contributed by atoms with Crippen LogP contribution in [0, 0.1) is 5.92 Å². The molecule has 1 aliphatic carbocycles. The van der Waals surface area contributed by atoms with E-state index >= 15 is 0 Å². The molecule has 6 nitrogen and oxygen atoms in total. The van der Waals surface area contributed by atoms with Crippen molar-refractivity contribution in [1.29, 1.82) is 0 Å². The van der Waals surface area contributed by atoms with Gasteiger partial charge in [0, 0.05) is 6.20 Å². The Hall–Kier alpha value is -1.63. The molecule has 1 fully saturated rings. The zero-order chi connectivity index (χ0) is 13.3. The molecule has 0 bridgehead atoms. The number of rotatable bonds is 4. The summed E-state index contributed by atoms with van der Waals surface area (Å²) >= 11 is 3.01. The highest BCUT2D eigenvalue weighted by atomic mass is 79.9. The number of halogens is 1. The monoisotopic (exact) mass is 314 g/mol. The van der Waals surface area contributed by atoms with Crippen molar-refractivity contribution in [2.24, 2.45) is 5.92 Å². The molecule has 0 aromatic carbocycles. The Kier molecular flexibility index (Phi) is 3.51. The number of carboxylic acids is 1. The number of carbonyl (C=O) groups is 2. The quantitative estimate of drug-likeness (QED) is 0.763. The topological polar surface area (TPSA) is 99.3 Å². The molecule has 0 aliphatic heterocycles. The van der Waals surface area contributed by atoms with Crippen molar-refractivity contribution in [1.82, 2.24) is 10.3 Å². The minimum Gasteiger partial charge on any atom is -0.480 e. The van der Waals surface area contributed by atoms with Gasteiger partial charge in [-0.1, -0.05) is 0 Å². The number of H-pyrrole nitrogens is 1. The van der Waals surface area contributed by atoms with Gasteiger partial charge in [-0.2, -0.15) is 0 Å². The Balaban J connectivity index is 2.13. The molecule has 0 saturated heterocycles. The fourth-order valence-electron chi connectivity index (χ4n) is 1.62. The molecular weight excluding hydrogens is 304 g/mol. The number of pyridine rings is 1. The summed E-state index contributed by atoms with van der Waals surface area (Å²) in [5.41, 5.74) is -0.128. The van der Waals surface area contributed by atoms with Crippen LogP contribution >= 0.6 is 15.9 Å². The first-order valence-electron chi connectivity index (χ1n) is 5.41. The fraction of sp³-hybridized carbons (Fsp3) is 0.364. The van der Waals surface area contributed by atoms with E-state index in [2.05, 4.69) is 26.2 Å². The number of amides is 1. The Labute approximate surface area is 111 Å². The van der Waals surface area contributed by atoms with E-state index in [4.69, 9.17) is 5.11 Å². The number of hydrogen-bond donors (Lipinski definition) is 3. The van der Waals surface area contributed by atoms with Gasteiger partial charge in [0.2, 0.25) is 0 Å². The van der Waals surface area contributed by atoms with Crippen LogP contribution in [0.25, 0.3) is 0 Å². The van der Waals surface area contributed by atoms with E-state index in [1.807, 2.05) is 0 Å². The van der Waals surface area contributed by atoms with Gasteiger partial charge in [-0.3, -0.25) is 9.59 Å². The Morgan fingerprint density at radius 2 is 2.17 bits per heavy atom. The standard InChI is InChI=1S/C11H11BrN2O4/c12-7-3-6(4-13-10(7)16)9(15)14-8(11(17)18)5-1-2-5/h3-5,8H,1-2H2,(H,13,16)(H,14,15)(H,17,18). The third kappa shape index (κ3) is 2.79. The molecular formula is C11H11BrN2O4. The van der Waals surface area contributed by atoms with Gasteiger partial charge < -0.3 is 15.4 Å². The molecule has 18 heavy (non-hydrogen) atoms. The summed E-state index contributed by atoms with van der Waals surface area (Å²) in [6.07, 6.45) is 2.88. The zero-order valence-electron chi connectivity index (χ0n) is 9.27. The highest BCUT2D eigenvalue weighted by molar-refractivity contribution is 9.10. The highest BCUT2D eigenvalue weighted by Crippen LogP contribution is 2.32. The molecule has 0 radical (unpaired) electrons. The molecule has 1 heterocycles. The van der Waals surface area contributed by atoms with E-state index < -0.39 is 17.9 Å². The Morgan fingerprint density at radius 1 is 1.50 bits per heavy atom. The molecule has 1 saturated carbocycles. The number of nitrogens with one attached hydrogen (secondary N) is 2. The first-order chi connectivity index (χ1) is 8.49. The second-order valence-corrected chi connectivity index (χ2v) is 5.05. The summed E-state index contributed by atoms with van der Waals surface area (Å²) in [7, 11) is 0. The van der Waals surface area contributed by atoms with E-state index in [-0.39, 0.29) is 21.5 Å². The van der Waals surface area contributed by atoms with Crippen LogP contribution in [-0.4, -0.2) is 28.0 Å². The molecule has 7 heteroatoms. The van der Waals surface area contributed by atoms with Gasteiger partial charge in [0.25, 0.3) is 11.5 Å². The maximum Gasteiger partial charge on any atom is 0.326 e. The van der Waals surface area contributed by atoms with Crippen molar-refractivity contribution in [2.45, 2.75) is 18.9 Å². The van der Waals surface area contributed by atoms with Gasteiger partial charge in [0.1, 0.15) is 6.04 Å². The first kappa shape index (κ1) is 12.8. The summed E-state index contributed by atoms with van der Waals surface area (Å²) < 4.78 is 0.230. The second-order valence-electron chi connectivity index (χ2n) is 4.19. The van der Waals surface area contributed by atoms with Crippen LogP contribution in [0.5, 0.6) is 0 Å². The van der Waals surface area contributed by atoms with Crippen molar-refractivity contribution in [3.05, 3.63) is 32.7 Å². The van der Waals surface area contributed by atoms with Gasteiger partial charge in [-0.25, -0.2) is 4.79 Å². The molecule has 96 valence electrons. The fourth-order valence-corrected chi connectivity index (χ4v) is 1.98. The van der Waals surface area contributed by atoms with Crippen molar-refractivity contribution in [3.63, 3.8) is 0 Å². The van der Waals surface area contributed by atoms with Crippen LogP contribution < -0.4 is 10.9 Å². The van der Waals surface area contributed by atoms with Crippen LogP contribution in [0.3, 0.4) is 0 Å². The van der Waals surface area contributed by atoms with Crippen molar-refractivity contribution < 1.29 is 14.7 Å². The number of aromatic nitrogens is 1. The molecule has 2 rings (SSSR count). The van der Waals surface area contributed by atoms with Crippen LogP contribution in [-0.2, 0) is 4.79 Å². The van der Waals surface area contributed by atoms with E-state index in [0.717, 1.165) is 12.8 Å². The SMILES string of the molecule is O=C(NC(C(=O)O)C1CC1)c1c[nH]c(=O)c(Br)c1. The maximum absolute atomic E-state index is 11.8. The van der Waals surface area contributed by atoms with Gasteiger partial charge >= 0.3 is 5.97 Å². The average molecular weight is 315 g/mol. The van der Waals surface area contributed by atoms with Gasteiger partial charge in [-0.05, 0) is 40.8 Å². The molecule has 1 atom stereocenters. The Morgan fingerprint density at radius 3 is 2.67 bits per heavy atom. The van der Waals surface area contributed by atoms with E-state index in [1.54, 1.807) is 0 Å². The lowest BCUT2D eigenvalue weighted by molar-refractivity contribution is -0.139. The second kappa shape index (κ2) is 4.93. The van der Waals surface area contributed by atoms with Crippen LogP contribution in [0.1, 0.15) is 23.2 Å². The molecule has 1 aromatic heterocycles. The van der Waals surface area contributed by atoms with Gasteiger partial charge in [-0.15, -0.1) is 0 Å².